The maximum atomic E-state index is 11.9. The summed E-state index contributed by atoms with van der Waals surface area (Å²) in [4.78, 5) is 22.7. The third-order valence-corrected chi connectivity index (χ3v) is 3.86. The quantitative estimate of drug-likeness (QED) is 0.804. The van der Waals surface area contributed by atoms with E-state index in [-0.39, 0.29) is 17.0 Å². The number of hydrogen-bond donors (Lipinski definition) is 2. The number of primary amides is 1. The van der Waals surface area contributed by atoms with Crippen molar-refractivity contribution in [2.45, 2.75) is 24.3 Å². The number of hydrogen-bond acceptors (Lipinski definition) is 7. The molecule has 21 heavy (non-hydrogen) atoms. The summed E-state index contributed by atoms with van der Waals surface area (Å²) in [5, 5.41) is 9.36. The van der Waals surface area contributed by atoms with Crippen molar-refractivity contribution in [3.63, 3.8) is 0 Å². The fourth-order valence-corrected chi connectivity index (χ4v) is 2.42. The average Bonchev–Trinajstić information content (AvgIpc) is 3.05. The van der Waals surface area contributed by atoms with Crippen LogP contribution < -0.4 is 11.1 Å². The highest BCUT2D eigenvalue weighted by Crippen LogP contribution is 2.29. The molecule has 0 bridgehead atoms. The normalized spacial score (nSPS) is 12.3. The Kier molecular flexibility index (Phi) is 4.63. The van der Waals surface area contributed by atoms with Gasteiger partial charge in [0.05, 0.1) is 11.5 Å². The van der Waals surface area contributed by atoms with Crippen LogP contribution in [0.3, 0.4) is 0 Å². The van der Waals surface area contributed by atoms with E-state index in [0.717, 1.165) is 11.8 Å². The van der Waals surface area contributed by atoms with E-state index in [1.165, 1.54) is 6.26 Å². The molecule has 8 nitrogen and oxygen atoms in total. The van der Waals surface area contributed by atoms with Crippen LogP contribution >= 0.6 is 11.8 Å². The second-order valence-electron chi connectivity index (χ2n) is 4.49. The predicted molar refractivity (Wildman–Crippen MR) is 74.2 cm³/mol. The van der Waals surface area contributed by atoms with Crippen LogP contribution in [0.15, 0.2) is 32.5 Å². The number of imide groups is 1. The molecule has 112 valence electrons. The predicted octanol–water partition coefficient (Wildman–Crippen LogP) is 1.64. The summed E-state index contributed by atoms with van der Waals surface area (Å²) in [5.41, 5.74) is 4.95. The van der Waals surface area contributed by atoms with Gasteiger partial charge < -0.3 is 14.6 Å². The van der Waals surface area contributed by atoms with E-state index in [2.05, 4.69) is 10.2 Å². The van der Waals surface area contributed by atoms with Crippen LogP contribution in [-0.4, -0.2) is 27.4 Å². The maximum Gasteiger partial charge on any atom is 0.318 e. The summed E-state index contributed by atoms with van der Waals surface area (Å²) in [7, 11) is 0. The number of urea groups is 1. The number of carbonyl (C=O) groups excluding carboxylic acids is 2. The molecular weight excluding hydrogens is 296 g/mol. The molecule has 2 aromatic heterocycles. The number of amides is 3. The van der Waals surface area contributed by atoms with Crippen molar-refractivity contribution in [2.24, 2.45) is 11.7 Å². The Morgan fingerprint density at radius 1 is 1.38 bits per heavy atom. The molecule has 0 fully saturated rings. The number of nitrogens with one attached hydrogen (secondary N) is 1. The number of carbonyl (C=O) groups is 2. The van der Waals surface area contributed by atoms with Crippen LogP contribution in [0.2, 0.25) is 0 Å². The molecule has 0 spiro atoms. The fourth-order valence-electron chi connectivity index (χ4n) is 1.55. The first-order valence-corrected chi connectivity index (χ1v) is 6.99. The van der Waals surface area contributed by atoms with Gasteiger partial charge in [-0.25, -0.2) is 4.79 Å². The van der Waals surface area contributed by atoms with E-state index in [0.29, 0.717) is 5.76 Å². The summed E-state index contributed by atoms with van der Waals surface area (Å²) >= 11 is 1.06. The molecule has 0 radical (unpaired) electrons. The molecule has 3 N–H and O–H groups in total. The Labute approximate surface area is 124 Å². The van der Waals surface area contributed by atoms with Gasteiger partial charge in [-0.3, -0.25) is 10.1 Å². The lowest BCUT2D eigenvalue weighted by Crippen LogP contribution is -2.42. The van der Waals surface area contributed by atoms with Crippen LogP contribution in [0, 0.1) is 5.92 Å². The van der Waals surface area contributed by atoms with Crippen molar-refractivity contribution < 1.29 is 18.4 Å². The van der Waals surface area contributed by atoms with E-state index in [1.807, 2.05) is 19.2 Å². The lowest BCUT2D eigenvalue weighted by atomic mass is 10.1. The summed E-state index contributed by atoms with van der Waals surface area (Å²) in [6.07, 6.45) is 1.49. The number of furan rings is 1. The van der Waals surface area contributed by atoms with E-state index >= 15 is 0 Å². The molecule has 0 unspecified atom stereocenters. The largest absolute Gasteiger partial charge is 0.459 e. The van der Waals surface area contributed by atoms with E-state index in [9.17, 15) is 9.59 Å². The molecule has 1 atom stereocenters. The summed E-state index contributed by atoms with van der Waals surface area (Å²) in [6, 6.07) is 2.48. The monoisotopic (exact) mass is 310 g/mol. The van der Waals surface area contributed by atoms with Crippen molar-refractivity contribution in [2.75, 3.05) is 0 Å². The molecule has 0 aliphatic heterocycles. The topological polar surface area (TPSA) is 124 Å². The second-order valence-corrected chi connectivity index (χ2v) is 5.58. The van der Waals surface area contributed by atoms with Crippen LogP contribution in [0.1, 0.15) is 13.8 Å². The molecule has 0 aromatic carbocycles. The standard InChI is InChI=1S/C12H14N4O4S/c1-6(2)8(9(17)14-11(13)18)21-12-16-15-10(20-12)7-4-3-5-19-7/h3-6,8H,1-2H3,(H3,13,14,17,18)/t8-/m1/s1. The Balaban J connectivity index is 2.10. The van der Waals surface area contributed by atoms with Gasteiger partial charge in [-0.2, -0.15) is 0 Å². The minimum atomic E-state index is -0.895. The smallest absolute Gasteiger partial charge is 0.318 e. The third kappa shape index (κ3) is 3.85. The zero-order valence-electron chi connectivity index (χ0n) is 11.4. The van der Waals surface area contributed by atoms with Crippen molar-refractivity contribution >= 4 is 23.7 Å². The van der Waals surface area contributed by atoms with Gasteiger partial charge in [0.2, 0.25) is 5.91 Å². The van der Waals surface area contributed by atoms with Gasteiger partial charge in [-0.15, -0.1) is 10.2 Å². The lowest BCUT2D eigenvalue weighted by molar-refractivity contribution is -0.120. The van der Waals surface area contributed by atoms with Crippen molar-refractivity contribution in [3.8, 4) is 11.7 Å². The first-order valence-electron chi connectivity index (χ1n) is 6.11. The van der Waals surface area contributed by atoms with E-state index in [4.69, 9.17) is 14.6 Å². The highest BCUT2D eigenvalue weighted by atomic mass is 32.2. The van der Waals surface area contributed by atoms with Gasteiger partial charge in [0, 0.05) is 0 Å². The van der Waals surface area contributed by atoms with Crippen LogP contribution in [0.25, 0.3) is 11.7 Å². The minimum Gasteiger partial charge on any atom is -0.459 e. The van der Waals surface area contributed by atoms with Gasteiger partial charge >= 0.3 is 6.03 Å². The Hall–Kier alpha value is -2.29. The average molecular weight is 310 g/mol. The van der Waals surface area contributed by atoms with Crippen LogP contribution in [0.5, 0.6) is 0 Å². The number of aromatic nitrogens is 2. The molecule has 2 rings (SSSR count). The first-order chi connectivity index (χ1) is 9.97. The highest BCUT2D eigenvalue weighted by Gasteiger charge is 2.27. The lowest BCUT2D eigenvalue weighted by Gasteiger charge is -2.16. The van der Waals surface area contributed by atoms with E-state index < -0.39 is 17.2 Å². The maximum absolute atomic E-state index is 11.9. The zero-order valence-corrected chi connectivity index (χ0v) is 12.2. The third-order valence-electron chi connectivity index (χ3n) is 2.48. The SMILES string of the molecule is CC(C)[C@@H](Sc1nnc(-c2ccco2)o1)C(=O)NC(N)=O. The van der Waals surface area contributed by atoms with Gasteiger partial charge in [0.15, 0.2) is 5.76 Å². The van der Waals surface area contributed by atoms with E-state index in [1.54, 1.807) is 12.1 Å². The molecule has 9 heteroatoms. The number of nitrogens with zero attached hydrogens (tertiary/aromatic N) is 2. The Morgan fingerprint density at radius 3 is 2.71 bits per heavy atom. The van der Waals surface area contributed by atoms with Crippen molar-refractivity contribution in [1.29, 1.82) is 0 Å². The molecule has 0 saturated heterocycles. The first kappa shape index (κ1) is 15.1. The fraction of sp³-hybridized carbons (Fsp3) is 0.333. The summed E-state index contributed by atoms with van der Waals surface area (Å²) < 4.78 is 10.6. The Morgan fingerprint density at radius 2 is 2.14 bits per heavy atom. The van der Waals surface area contributed by atoms with Crippen LogP contribution in [-0.2, 0) is 4.79 Å². The van der Waals surface area contributed by atoms with Gasteiger partial charge in [-0.05, 0) is 18.1 Å². The van der Waals surface area contributed by atoms with Gasteiger partial charge in [0.25, 0.3) is 11.1 Å². The molecule has 0 saturated carbocycles. The highest BCUT2D eigenvalue weighted by molar-refractivity contribution is 8.00. The molecule has 2 aromatic rings. The zero-order chi connectivity index (χ0) is 15.4. The number of thioether (sulfide) groups is 1. The summed E-state index contributed by atoms with van der Waals surface area (Å²) in [6.45, 7) is 3.67. The molecule has 0 aliphatic carbocycles. The molecule has 3 amide bonds. The molecule has 2 heterocycles. The summed E-state index contributed by atoms with van der Waals surface area (Å²) in [5.74, 6) is 0.103. The molecular formula is C12H14N4O4S. The van der Waals surface area contributed by atoms with Crippen molar-refractivity contribution in [3.05, 3.63) is 18.4 Å². The van der Waals surface area contributed by atoms with Crippen molar-refractivity contribution in [1.82, 2.24) is 15.5 Å². The van der Waals surface area contributed by atoms with Gasteiger partial charge in [0.1, 0.15) is 0 Å². The van der Waals surface area contributed by atoms with Gasteiger partial charge in [-0.1, -0.05) is 25.6 Å². The van der Waals surface area contributed by atoms with Crippen LogP contribution in [0.4, 0.5) is 4.79 Å². The minimum absolute atomic E-state index is 0.0617. The number of nitrogens with two attached hydrogens (primary N) is 1. The Bertz CT molecular complexity index is 623. The number of rotatable bonds is 5. The molecule has 0 aliphatic rings. The second kappa shape index (κ2) is 6.44.